The van der Waals surface area contributed by atoms with Crippen LogP contribution >= 0.6 is 0 Å². The van der Waals surface area contributed by atoms with Crippen LogP contribution in [0.4, 0.5) is 5.69 Å². The van der Waals surface area contributed by atoms with Crippen molar-refractivity contribution < 1.29 is 0 Å². The zero-order valence-corrected chi connectivity index (χ0v) is 11.4. The molecule has 0 radical (unpaired) electrons. The maximum Gasteiger partial charge on any atom is 0.143 e. The quantitative estimate of drug-likeness (QED) is 0.773. The standard InChI is InChI=1S/C13H15N7/c1-10-5-12(14-6-11-7-16-19(2)8-11)3-4-13(10)20-9-15-17-18-20/h3-5,7-9,14H,6H2,1-2H3. The first kappa shape index (κ1) is 12.3. The summed E-state index contributed by atoms with van der Waals surface area (Å²) in [7, 11) is 1.91. The highest BCUT2D eigenvalue weighted by molar-refractivity contribution is 5.53. The molecule has 0 aliphatic carbocycles. The number of tetrazole rings is 1. The highest BCUT2D eigenvalue weighted by atomic mass is 15.5. The van der Waals surface area contributed by atoms with Crippen molar-refractivity contribution in [2.45, 2.75) is 13.5 Å². The number of aromatic nitrogens is 6. The maximum absolute atomic E-state index is 4.15. The topological polar surface area (TPSA) is 73.5 Å². The van der Waals surface area contributed by atoms with Crippen molar-refractivity contribution in [3.63, 3.8) is 0 Å². The van der Waals surface area contributed by atoms with Crippen molar-refractivity contribution >= 4 is 5.69 Å². The zero-order valence-electron chi connectivity index (χ0n) is 11.4. The van der Waals surface area contributed by atoms with Gasteiger partial charge in [-0.1, -0.05) is 0 Å². The maximum atomic E-state index is 4.15. The van der Waals surface area contributed by atoms with Crippen LogP contribution in [0.2, 0.25) is 0 Å². The summed E-state index contributed by atoms with van der Waals surface area (Å²) in [4.78, 5) is 0. The lowest BCUT2D eigenvalue weighted by molar-refractivity contribution is 0.767. The van der Waals surface area contributed by atoms with Crippen LogP contribution in [0.15, 0.2) is 36.9 Å². The molecule has 102 valence electrons. The Balaban J connectivity index is 1.74. The highest BCUT2D eigenvalue weighted by Crippen LogP contribution is 2.18. The molecule has 0 saturated carbocycles. The molecule has 1 aromatic carbocycles. The lowest BCUT2D eigenvalue weighted by Crippen LogP contribution is -2.02. The summed E-state index contributed by atoms with van der Waals surface area (Å²) in [6.45, 7) is 2.78. The van der Waals surface area contributed by atoms with E-state index in [9.17, 15) is 0 Å². The minimum Gasteiger partial charge on any atom is -0.381 e. The molecule has 0 spiro atoms. The average Bonchev–Trinajstić information content (AvgIpc) is 3.08. The van der Waals surface area contributed by atoms with E-state index in [-0.39, 0.29) is 0 Å². The Hall–Kier alpha value is -2.70. The molecule has 20 heavy (non-hydrogen) atoms. The molecule has 1 N–H and O–H groups in total. The summed E-state index contributed by atoms with van der Waals surface area (Å²) >= 11 is 0. The van der Waals surface area contributed by atoms with E-state index in [0.717, 1.165) is 29.0 Å². The Kier molecular flexibility index (Phi) is 3.16. The fourth-order valence-corrected chi connectivity index (χ4v) is 2.06. The Bertz CT molecular complexity index is 699. The van der Waals surface area contributed by atoms with Gasteiger partial charge in [0.05, 0.1) is 11.9 Å². The molecule has 7 heteroatoms. The number of anilines is 1. The molecule has 3 rings (SSSR count). The van der Waals surface area contributed by atoms with Gasteiger partial charge in [0.1, 0.15) is 6.33 Å². The Labute approximate surface area is 116 Å². The lowest BCUT2D eigenvalue weighted by atomic mass is 10.1. The van der Waals surface area contributed by atoms with Gasteiger partial charge in [-0.05, 0) is 41.1 Å². The van der Waals surface area contributed by atoms with Crippen LogP contribution in [0, 0.1) is 6.92 Å². The van der Waals surface area contributed by atoms with Crippen LogP contribution in [-0.2, 0) is 13.6 Å². The van der Waals surface area contributed by atoms with Crippen molar-refractivity contribution in [2.24, 2.45) is 7.05 Å². The lowest BCUT2D eigenvalue weighted by Gasteiger charge is -2.09. The first-order chi connectivity index (χ1) is 9.72. The second-order valence-electron chi connectivity index (χ2n) is 4.63. The van der Waals surface area contributed by atoms with Crippen molar-refractivity contribution in [3.05, 3.63) is 48.0 Å². The number of rotatable bonds is 4. The molecule has 0 aliphatic heterocycles. The fourth-order valence-electron chi connectivity index (χ4n) is 2.06. The number of aryl methyl sites for hydroxylation is 2. The van der Waals surface area contributed by atoms with Crippen molar-refractivity contribution in [2.75, 3.05) is 5.32 Å². The minimum atomic E-state index is 0.748. The van der Waals surface area contributed by atoms with Crippen molar-refractivity contribution in [3.8, 4) is 5.69 Å². The van der Waals surface area contributed by atoms with Gasteiger partial charge in [-0.15, -0.1) is 5.10 Å². The molecule has 3 aromatic rings. The zero-order chi connectivity index (χ0) is 13.9. The summed E-state index contributed by atoms with van der Waals surface area (Å²) in [5.74, 6) is 0. The molecule has 0 atom stereocenters. The third-order valence-corrected chi connectivity index (χ3v) is 3.05. The molecule has 2 heterocycles. The van der Waals surface area contributed by atoms with Crippen molar-refractivity contribution in [1.29, 1.82) is 0 Å². The van der Waals surface area contributed by atoms with Crippen LogP contribution < -0.4 is 5.32 Å². The molecule has 0 bridgehead atoms. The molecular formula is C13H15N7. The van der Waals surface area contributed by atoms with Gasteiger partial charge in [-0.2, -0.15) is 5.10 Å². The summed E-state index contributed by atoms with van der Waals surface area (Å²) in [5, 5.41) is 18.7. The minimum absolute atomic E-state index is 0.748. The smallest absolute Gasteiger partial charge is 0.143 e. The van der Waals surface area contributed by atoms with Gasteiger partial charge in [0, 0.05) is 31.0 Å². The highest BCUT2D eigenvalue weighted by Gasteiger charge is 2.04. The van der Waals surface area contributed by atoms with E-state index >= 15 is 0 Å². The Morgan fingerprint density at radius 2 is 2.20 bits per heavy atom. The summed E-state index contributed by atoms with van der Waals surface area (Å²) in [5.41, 5.74) is 4.29. The molecule has 7 nitrogen and oxygen atoms in total. The Morgan fingerprint density at radius 3 is 2.85 bits per heavy atom. The van der Waals surface area contributed by atoms with E-state index in [1.165, 1.54) is 0 Å². The van der Waals surface area contributed by atoms with Crippen LogP contribution in [0.25, 0.3) is 5.69 Å². The first-order valence-electron chi connectivity index (χ1n) is 6.28. The summed E-state index contributed by atoms with van der Waals surface area (Å²) in [6, 6.07) is 6.09. The summed E-state index contributed by atoms with van der Waals surface area (Å²) < 4.78 is 3.45. The van der Waals surface area contributed by atoms with Crippen LogP contribution in [0.3, 0.4) is 0 Å². The van der Waals surface area contributed by atoms with Gasteiger partial charge < -0.3 is 5.32 Å². The third kappa shape index (κ3) is 2.51. The number of hydrogen-bond acceptors (Lipinski definition) is 5. The van der Waals surface area contributed by atoms with Gasteiger partial charge in [-0.3, -0.25) is 4.68 Å². The average molecular weight is 269 g/mol. The van der Waals surface area contributed by atoms with E-state index in [1.54, 1.807) is 15.7 Å². The van der Waals surface area contributed by atoms with Gasteiger partial charge >= 0.3 is 0 Å². The number of benzene rings is 1. The van der Waals surface area contributed by atoms with Gasteiger partial charge in [0.25, 0.3) is 0 Å². The first-order valence-corrected chi connectivity index (χ1v) is 6.28. The molecular weight excluding hydrogens is 254 g/mol. The number of nitrogens with one attached hydrogen (secondary N) is 1. The monoisotopic (exact) mass is 269 g/mol. The van der Waals surface area contributed by atoms with Crippen molar-refractivity contribution in [1.82, 2.24) is 30.0 Å². The number of nitrogens with zero attached hydrogens (tertiary/aromatic N) is 6. The third-order valence-electron chi connectivity index (χ3n) is 3.05. The molecule has 0 amide bonds. The van der Waals surface area contributed by atoms with Gasteiger partial charge in [0.15, 0.2) is 0 Å². The Morgan fingerprint density at radius 1 is 1.30 bits per heavy atom. The van der Waals surface area contributed by atoms with Crippen LogP contribution in [-0.4, -0.2) is 30.0 Å². The predicted octanol–water partition coefficient (Wildman–Crippen LogP) is 1.32. The van der Waals surface area contributed by atoms with Gasteiger partial charge in [0.2, 0.25) is 0 Å². The van der Waals surface area contributed by atoms with E-state index in [4.69, 9.17) is 0 Å². The van der Waals surface area contributed by atoms with E-state index in [1.807, 2.05) is 38.5 Å². The van der Waals surface area contributed by atoms with Crippen LogP contribution in [0.5, 0.6) is 0 Å². The van der Waals surface area contributed by atoms with E-state index in [0.29, 0.717) is 0 Å². The second kappa shape index (κ2) is 5.12. The molecule has 0 saturated heterocycles. The molecule has 2 aromatic heterocycles. The van der Waals surface area contributed by atoms with Crippen LogP contribution in [0.1, 0.15) is 11.1 Å². The van der Waals surface area contributed by atoms with E-state index < -0.39 is 0 Å². The predicted molar refractivity (Wildman–Crippen MR) is 74.4 cm³/mol. The molecule has 0 unspecified atom stereocenters. The molecule has 0 fully saturated rings. The fraction of sp³-hybridized carbons (Fsp3) is 0.231. The normalized spacial score (nSPS) is 10.7. The van der Waals surface area contributed by atoms with E-state index in [2.05, 4.69) is 32.0 Å². The largest absolute Gasteiger partial charge is 0.381 e. The summed E-state index contributed by atoms with van der Waals surface area (Å²) in [6.07, 6.45) is 5.44. The second-order valence-corrected chi connectivity index (χ2v) is 4.63. The molecule has 0 aliphatic rings. The SMILES string of the molecule is Cc1cc(NCc2cnn(C)c2)ccc1-n1cnnn1. The van der Waals surface area contributed by atoms with Gasteiger partial charge in [-0.25, -0.2) is 4.68 Å². The number of hydrogen-bond donors (Lipinski definition) is 1.